The first-order chi connectivity index (χ1) is 14.0. The van der Waals surface area contributed by atoms with E-state index >= 15 is 0 Å². The Morgan fingerprint density at radius 2 is 1.47 bits per heavy atom. The topological polar surface area (TPSA) is 95.0 Å². The molecule has 0 radical (unpaired) electrons. The van der Waals surface area contributed by atoms with Crippen molar-refractivity contribution in [1.29, 1.82) is 0 Å². The molecule has 1 aromatic rings. The van der Waals surface area contributed by atoms with Crippen molar-refractivity contribution in [3.05, 3.63) is 42.0 Å². The Hall–Kier alpha value is -2.19. The summed E-state index contributed by atoms with van der Waals surface area (Å²) in [6.45, 7) is 7.16. The number of aliphatic carboxylic acids is 1. The molecule has 1 aromatic carbocycles. The van der Waals surface area contributed by atoms with Crippen molar-refractivity contribution < 1.29 is 23.1 Å². The molecule has 0 unspecified atom stereocenters. The Morgan fingerprint density at radius 3 is 1.97 bits per heavy atom. The third kappa shape index (κ3) is 4.59. The van der Waals surface area contributed by atoms with Gasteiger partial charge < -0.3 is 10.0 Å². The van der Waals surface area contributed by atoms with Gasteiger partial charge in [-0.1, -0.05) is 45.1 Å². The van der Waals surface area contributed by atoms with E-state index in [2.05, 4.69) is 20.8 Å². The molecular weight excluding hydrogens is 404 g/mol. The van der Waals surface area contributed by atoms with Crippen molar-refractivity contribution in [1.82, 2.24) is 9.21 Å². The van der Waals surface area contributed by atoms with Crippen LogP contribution in [0.5, 0.6) is 0 Å². The average Bonchev–Trinajstić information content (AvgIpc) is 2.72. The summed E-state index contributed by atoms with van der Waals surface area (Å²) in [4.78, 5) is 26.2. The molecule has 0 bridgehead atoms. The molecule has 0 spiro atoms. The van der Waals surface area contributed by atoms with E-state index in [1.165, 1.54) is 4.31 Å². The van der Waals surface area contributed by atoms with Crippen molar-refractivity contribution in [2.24, 2.45) is 11.8 Å². The molecule has 1 amide bonds. The SMILES string of the molecule is CC(C)(C)c1ccc(S(=O)(=O)N2CCN(C(=O)[C@H]3CC=CC[C@H]3C(=O)O)CC2)cc1. The largest absolute Gasteiger partial charge is 0.481 e. The molecule has 0 aromatic heterocycles. The lowest BCUT2D eigenvalue weighted by Crippen LogP contribution is -2.53. The molecule has 3 rings (SSSR count). The molecule has 1 heterocycles. The number of carbonyl (C=O) groups is 2. The first-order valence-electron chi connectivity index (χ1n) is 10.3. The number of carboxylic acid groups (broad SMARTS) is 1. The van der Waals surface area contributed by atoms with Gasteiger partial charge in [0.1, 0.15) is 0 Å². The summed E-state index contributed by atoms with van der Waals surface area (Å²) < 4.78 is 27.4. The Kier molecular flexibility index (Phi) is 6.38. The fourth-order valence-electron chi connectivity index (χ4n) is 4.02. The third-order valence-corrected chi connectivity index (χ3v) is 7.89. The van der Waals surface area contributed by atoms with E-state index in [9.17, 15) is 23.1 Å². The van der Waals surface area contributed by atoms with Gasteiger partial charge in [0.25, 0.3) is 0 Å². The molecule has 1 fully saturated rings. The maximum Gasteiger partial charge on any atom is 0.307 e. The lowest BCUT2D eigenvalue weighted by molar-refractivity contribution is -0.151. The smallest absolute Gasteiger partial charge is 0.307 e. The minimum absolute atomic E-state index is 0.0591. The van der Waals surface area contributed by atoms with Gasteiger partial charge in [0, 0.05) is 26.2 Å². The standard InChI is InChI=1S/C22H30N2O5S/c1-22(2,3)16-8-10-17(11-9-16)30(28,29)24-14-12-23(13-15-24)20(25)18-6-4-5-7-19(18)21(26)27/h4-5,8-11,18-19H,6-7,12-15H2,1-3H3,(H,26,27)/t18-,19+/m0/s1. The number of sulfonamides is 1. The maximum atomic E-state index is 13.0. The van der Waals surface area contributed by atoms with Crippen LogP contribution in [0.25, 0.3) is 0 Å². The summed E-state index contributed by atoms with van der Waals surface area (Å²) in [5.41, 5.74) is 1.00. The molecule has 1 saturated heterocycles. The van der Waals surface area contributed by atoms with Crippen molar-refractivity contribution in [3.8, 4) is 0 Å². The number of rotatable bonds is 4. The predicted octanol–water partition coefficient (Wildman–Crippen LogP) is 2.48. The molecule has 164 valence electrons. The molecule has 7 nitrogen and oxygen atoms in total. The Morgan fingerprint density at radius 1 is 0.933 bits per heavy atom. The van der Waals surface area contributed by atoms with Gasteiger partial charge in [-0.15, -0.1) is 0 Å². The zero-order valence-corrected chi connectivity index (χ0v) is 18.6. The van der Waals surface area contributed by atoms with Gasteiger partial charge in [0.05, 0.1) is 16.7 Å². The van der Waals surface area contributed by atoms with E-state index < -0.39 is 27.8 Å². The first-order valence-corrected chi connectivity index (χ1v) is 11.7. The number of carboxylic acids is 1. The monoisotopic (exact) mass is 434 g/mol. The number of carbonyl (C=O) groups excluding carboxylic acids is 1. The van der Waals surface area contributed by atoms with Gasteiger partial charge in [-0.2, -0.15) is 4.31 Å². The lowest BCUT2D eigenvalue weighted by atomic mass is 9.82. The molecule has 1 N–H and O–H groups in total. The summed E-state index contributed by atoms with van der Waals surface area (Å²) in [6.07, 6.45) is 4.42. The lowest BCUT2D eigenvalue weighted by Gasteiger charge is -2.37. The molecule has 30 heavy (non-hydrogen) atoms. The van der Waals surface area contributed by atoms with E-state index in [4.69, 9.17) is 0 Å². The number of hydrogen-bond acceptors (Lipinski definition) is 4. The molecule has 8 heteroatoms. The van der Waals surface area contributed by atoms with Crippen molar-refractivity contribution in [3.63, 3.8) is 0 Å². The van der Waals surface area contributed by atoms with Gasteiger partial charge in [0.15, 0.2) is 0 Å². The second-order valence-corrected chi connectivity index (χ2v) is 10.9. The quantitative estimate of drug-likeness (QED) is 0.735. The zero-order valence-electron chi connectivity index (χ0n) is 17.7. The molecular formula is C22H30N2O5S. The van der Waals surface area contributed by atoms with E-state index in [0.717, 1.165) is 5.56 Å². The highest BCUT2D eigenvalue weighted by Crippen LogP contribution is 2.29. The van der Waals surface area contributed by atoms with Crippen LogP contribution in [-0.4, -0.2) is 60.8 Å². The number of allylic oxidation sites excluding steroid dienone is 2. The molecule has 1 aliphatic heterocycles. The highest BCUT2D eigenvalue weighted by atomic mass is 32.2. The number of piperazine rings is 1. The normalized spacial score (nSPS) is 23.4. The summed E-state index contributed by atoms with van der Waals surface area (Å²) in [5, 5.41) is 9.41. The number of nitrogens with zero attached hydrogens (tertiary/aromatic N) is 2. The van der Waals surface area contributed by atoms with Crippen LogP contribution in [0.1, 0.15) is 39.2 Å². The summed E-state index contributed by atoms with van der Waals surface area (Å²) in [7, 11) is -3.63. The summed E-state index contributed by atoms with van der Waals surface area (Å²) in [5.74, 6) is -2.46. The minimum atomic E-state index is -3.63. The van der Waals surface area contributed by atoms with Crippen molar-refractivity contribution >= 4 is 21.9 Å². The number of amides is 1. The van der Waals surface area contributed by atoms with Crippen LogP contribution in [0.2, 0.25) is 0 Å². The van der Waals surface area contributed by atoms with Crippen LogP contribution < -0.4 is 0 Å². The summed E-state index contributed by atoms with van der Waals surface area (Å²) >= 11 is 0. The summed E-state index contributed by atoms with van der Waals surface area (Å²) in [6, 6.07) is 6.96. The van der Waals surface area contributed by atoms with Gasteiger partial charge in [-0.25, -0.2) is 8.42 Å². The minimum Gasteiger partial charge on any atom is -0.481 e. The molecule has 2 atom stereocenters. The van der Waals surface area contributed by atoms with Crippen molar-refractivity contribution in [2.75, 3.05) is 26.2 Å². The fourth-order valence-corrected chi connectivity index (χ4v) is 5.44. The molecule has 1 aliphatic carbocycles. The fraction of sp³-hybridized carbons (Fsp3) is 0.545. The van der Waals surface area contributed by atoms with Crippen LogP contribution >= 0.6 is 0 Å². The van der Waals surface area contributed by atoms with Gasteiger partial charge in [-0.3, -0.25) is 9.59 Å². The maximum absolute atomic E-state index is 13.0. The van der Waals surface area contributed by atoms with Crippen LogP contribution in [0.4, 0.5) is 0 Å². The van der Waals surface area contributed by atoms with Crippen LogP contribution in [0.15, 0.2) is 41.3 Å². The Bertz CT molecular complexity index is 923. The number of benzene rings is 1. The molecule has 0 saturated carbocycles. The Labute approximate surface area is 178 Å². The first kappa shape index (κ1) is 22.5. The molecule has 2 aliphatic rings. The predicted molar refractivity (Wildman–Crippen MR) is 113 cm³/mol. The average molecular weight is 435 g/mol. The highest BCUT2D eigenvalue weighted by molar-refractivity contribution is 7.89. The van der Waals surface area contributed by atoms with E-state index in [1.54, 1.807) is 23.1 Å². The van der Waals surface area contributed by atoms with Crippen molar-refractivity contribution in [2.45, 2.75) is 43.9 Å². The highest BCUT2D eigenvalue weighted by Gasteiger charge is 2.38. The van der Waals surface area contributed by atoms with Crippen LogP contribution in [0, 0.1) is 11.8 Å². The second-order valence-electron chi connectivity index (χ2n) is 9.00. The van der Waals surface area contributed by atoms with Crippen LogP contribution in [0.3, 0.4) is 0 Å². The van der Waals surface area contributed by atoms with E-state index in [1.807, 2.05) is 18.2 Å². The van der Waals surface area contributed by atoms with Gasteiger partial charge >= 0.3 is 5.97 Å². The van der Waals surface area contributed by atoms with Gasteiger partial charge in [-0.05, 0) is 36.0 Å². The van der Waals surface area contributed by atoms with Gasteiger partial charge in [0.2, 0.25) is 15.9 Å². The van der Waals surface area contributed by atoms with E-state index in [0.29, 0.717) is 12.8 Å². The zero-order chi connectivity index (χ0) is 22.1. The Balaban J connectivity index is 1.66. The third-order valence-electron chi connectivity index (χ3n) is 5.98. The number of hydrogen-bond donors (Lipinski definition) is 1. The van der Waals surface area contributed by atoms with Crippen LogP contribution in [-0.2, 0) is 25.0 Å². The van der Waals surface area contributed by atoms with E-state index in [-0.39, 0.29) is 42.4 Å². The second kappa shape index (κ2) is 8.51.